The Morgan fingerprint density at radius 3 is 2.67 bits per heavy atom. The lowest BCUT2D eigenvalue weighted by Gasteiger charge is -2.15. The normalized spacial score (nSPS) is 13.8. The summed E-state index contributed by atoms with van der Waals surface area (Å²) >= 11 is 0. The summed E-state index contributed by atoms with van der Waals surface area (Å²) in [5.41, 5.74) is 7.14. The molecular formula is C9H17N3. The minimum absolute atomic E-state index is 0.236. The number of nitrogens with two attached hydrogens (primary N) is 1. The van der Waals surface area contributed by atoms with E-state index in [1.807, 2.05) is 24.1 Å². The van der Waals surface area contributed by atoms with Crippen LogP contribution in [0.4, 0.5) is 0 Å². The third-order valence-corrected chi connectivity index (χ3v) is 2.22. The topological polar surface area (TPSA) is 43.8 Å². The van der Waals surface area contributed by atoms with Crippen LogP contribution < -0.4 is 5.73 Å². The Morgan fingerprint density at radius 1 is 1.58 bits per heavy atom. The van der Waals surface area contributed by atoms with Crippen molar-refractivity contribution in [2.24, 2.45) is 18.7 Å². The van der Waals surface area contributed by atoms with Crippen LogP contribution in [0.15, 0.2) is 12.5 Å². The molecule has 0 bridgehead atoms. The highest BCUT2D eigenvalue weighted by atomic mass is 15.0. The fourth-order valence-corrected chi connectivity index (χ4v) is 1.06. The van der Waals surface area contributed by atoms with Crippen molar-refractivity contribution in [2.45, 2.75) is 26.3 Å². The zero-order valence-electron chi connectivity index (χ0n) is 7.99. The molecule has 0 aliphatic carbocycles. The third-order valence-electron chi connectivity index (χ3n) is 2.22. The molecule has 3 nitrogen and oxygen atoms in total. The molecule has 0 saturated heterocycles. The Morgan fingerprint density at radius 2 is 2.25 bits per heavy atom. The molecule has 68 valence electrons. The van der Waals surface area contributed by atoms with Crippen LogP contribution in [0.2, 0.25) is 0 Å². The molecule has 2 N–H and O–H groups in total. The fourth-order valence-electron chi connectivity index (χ4n) is 1.06. The van der Waals surface area contributed by atoms with E-state index in [1.165, 1.54) is 5.69 Å². The van der Waals surface area contributed by atoms with Crippen molar-refractivity contribution >= 4 is 0 Å². The quantitative estimate of drug-likeness (QED) is 0.728. The number of nitrogens with zero attached hydrogens (tertiary/aromatic N) is 2. The van der Waals surface area contributed by atoms with Crippen LogP contribution in [0.1, 0.15) is 19.5 Å². The number of imidazole rings is 1. The molecule has 1 heterocycles. The highest BCUT2D eigenvalue weighted by Gasteiger charge is 2.09. The van der Waals surface area contributed by atoms with E-state index < -0.39 is 0 Å². The zero-order chi connectivity index (χ0) is 9.14. The Balaban J connectivity index is 2.58. The highest BCUT2D eigenvalue weighted by Crippen LogP contribution is 2.06. The monoisotopic (exact) mass is 167 g/mol. The van der Waals surface area contributed by atoms with Gasteiger partial charge in [-0.1, -0.05) is 13.8 Å². The summed E-state index contributed by atoms with van der Waals surface area (Å²) in [6.07, 6.45) is 4.60. The summed E-state index contributed by atoms with van der Waals surface area (Å²) in [6, 6.07) is 0.236. The molecule has 0 spiro atoms. The predicted octanol–water partition coefficient (Wildman–Crippen LogP) is 0.946. The lowest BCUT2D eigenvalue weighted by Crippen LogP contribution is -2.29. The Labute approximate surface area is 73.6 Å². The minimum atomic E-state index is 0.236. The molecule has 12 heavy (non-hydrogen) atoms. The third kappa shape index (κ3) is 2.08. The van der Waals surface area contributed by atoms with E-state index in [0.717, 1.165) is 6.42 Å². The van der Waals surface area contributed by atoms with Crippen LogP contribution in [0, 0.1) is 5.92 Å². The van der Waals surface area contributed by atoms with Crippen molar-refractivity contribution in [3.8, 4) is 0 Å². The maximum absolute atomic E-state index is 5.94. The minimum Gasteiger partial charge on any atom is -0.338 e. The lowest BCUT2D eigenvalue weighted by atomic mass is 10.0. The molecule has 0 unspecified atom stereocenters. The second kappa shape index (κ2) is 3.72. The van der Waals surface area contributed by atoms with Crippen LogP contribution in [-0.4, -0.2) is 15.6 Å². The first kappa shape index (κ1) is 9.26. The van der Waals surface area contributed by atoms with E-state index in [0.29, 0.717) is 5.92 Å². The number of hydrogen-bond acceptors (Lipinski definition) is 2. The molecule has 0 amide bonds. The molecule has 0 aliphatic heterocycles. The van der Waals surface area contributed by atoms with Crippen molar-refractivity contribution in [3.05, 3.63) is 18.2 Å². The van der Waals surface area contributed by atoms with Gasteiger partial charge in [-0.15, -0.1) is 0 Å². The number of aromatic nitrogens is 2. The van der Waals surface area contributed by atoms with Gasteiger partial charge in [-0.05, 0) is 5.92 Å². The molecule has 0 aliphatic rings. The predicted molar refractivity (Wildman–Crippen MR) is 49.7 cm³/mol. The van der Waals surface area contributed by atoms with Crippen LogP contribution >= 0.6 is 0 Å². The van der Waals surface area contributed by atoms with Gasteiger partial charge >= 0.3 is 0 Å². The summed E-state index contributed by atoms with van der Waals surface area (Å²) in [5, 5.41) is 0. The van der Waals surface area contributed by atoms with Gasteiger partial charge in [0.1, 0.15) is 0 Å². The number of hydrogen-bond donors (Lipinski definition) is 1. The first-order chi connectivity index (χ1) is 5.61. The molecule has 1 aromatic rings. The van der Waals surface area contributed by atoms with Crippen molar-refractivity contribution in [1.29, 1.82) is 0 Å². The van der Waals surface area contributed by atoms with Crippen molar-refractivity contribution < 1.29 is 0 Å². The summed E-state index contributed by atoms with van der Waals surface area (Å²) < 4.78 is 2.02. The first-order valence-corrected chi connectivity index (χ1v) is 4.32. The van der Waals surface area contributed by atoms with Gasteiger partial charge < -0.3 is 10.3 Å². The second-order valence-corrected chi connectivity index (χ2v) is 3.61. The molecule has 0 radical (unpaired) electrons. The molecule has 0 fully saturated rings. The first-order valence-electron chi connectivity index (χ1n) is 4.32. The molecule has 3 heteroatoms. The van der Waals surface area contributed by atoms with E-state index in [-0.39, 0.29) is 6.04 Å². The lowest BCUT2D eigenvalue weighted by molar-refractivity contribution is 0.481. The van der Waals surface area contributed by atoms with Gasteiger partial charge in [-0.2, -0.15) is 0 Å². The standard InChI is InChI=1S/C9H17N3/c1-7(2)9(10)4-8-5-11-6-12(8)3/h5-7,9H,4,10H2,1-3H3/t9-/m0/s1. The van der Waals surface area contributed by atoms with Gasteiger partial charge in [0.25, 0.3) is 0 Å². The summed E-state index contributed by atoms with van der Waals surface area (Å²) in [7, 11) is 2.00. The average molecular weight is 167 g/mol. The Kier molecular flexibility index (Phi) is 2.87. The van der Waals surface area contributed by atoms with Gasteiger partial charge in [0.2, 0.25) is 0 Å². The van der Waals surface area contributed by atoms with E-state index in [9.17, 15) is 0 Å². The van der Waals surface area contributed by atoms with Gasteiger partial charge in [0.15, 0.2) is 0 Å². The SMILES string of the molecule is CC(C)[C@@H](N)Cc1cncn1C. The van der Waals surface area contributed by atoms with Gasteiger partial charge in [0, 0.05) is 31.4 Å². The molecule has 0 saturated carbocycles. The largest absolute Gasteiger partial charge is 0.338 e. The molecule has 1 rings (SSSR count). The maximum Gasteiger partial charge on any atom is 0.0945 e. The smallest absolute Gasteiger partial charge is 0.0945 e. The Bertz CT molecular complexity index is 240. The van der Waals surface area contributed by atoms with Crippen LogP contribution in [0.3, 0.4) is 0 Å². The van der Waals surface area contributed by atoms with E-state index in [1.54, 1.807) is 0 Å². The molecule has 1 aromatic heterocycles. The van der Waals surface area contributed by atoms with Gasteiger partial charge in [-0.25, -0.2) is 4.98 Å². The van der Waals surface area contributed by atoms with Gasteiger partial charge in [-0.3, -0.25) is 0 Å². The molecule has 1 atom stereocenters. The second-order valence-electron chi connectivity index (χ2n) is 3.61. The van der Waals surface area contributed by atoms with Crippen molar-refractivity contribution in [2.75, 3.05) is 0 Å². The summed E-state index contributed by atoms with van der Waals surface area (Å²) in [4.78, 5) is 4.04. The summed E-state index contributed by atoms with van der Waals surface area (Å²) in [6.45, 7) is 4.28. The Hall–Kier alpha value is -0.830. The van der Waals surface area contributed by atoms with Gasteiger partial charge in [0.05, 0.1) is 6.33 Å². The molecular weight excluding hydrogens is 150 g/mol. The number of rotatable bonds is 3. The van der Waals surface area contributed by atoms with Crippen LogP contribution in [0.5, 0.6) is 0 Å². The van der Waals surface area contributed by atoms with Crippen molar-refractivity contribution in [1.82, 2.24) is 9.55 Å². The fraction of sp³-hybridized carbons (Fsp3) is 0.667. The number of aryl methyl sites for hydroxylation is 1. The highest BCUT2D eigenvalue weighted by molar-refractivity contribution is 5.00. The maximum atomic E-state index is 5.94. The van der Waals surface area contributed by atoms with Crippen molar-refractivity contribution in [3.63, 3.8) is 0 Å². The van der Waals surface area contributed by atoms with E-state index >= 15 is 0 Å². The van der Waals surface area contributed by atoms with Crippen LogP contribution in [-0.2, 0) is 13.5 Å². The molecule has 0 aromatic carbocycles. The van der Waals surface area contributed by atoms with E-state index in [4.69, 9.17) is 5.73 Å². The average Bonchev–Trinajstić information content (AvgIpc) is 2.36. The zero-order valence-corrected chi connectivity index (χ0v) is 7.99. The van der Waals surface area contributed by atoms with Crippen LogP contribution in [0.25, 0.3) is 0 Å². The van der Waals surface area contributed by atoms with E-state index in [2.05, 4.69) is 18.8 Å². The summed E-state index contributed by atoms with van der Waals surface area (Å²) in [5.74, 6) is 0.528.